The maximum atomic E-state index is 5.79. The molecule has 4 nitrogen and oxygen atoms in total. The first-order valence-corrected chi connectivity index (χ1v) is 7.50. The standard InChI is InChI=1S/C16H26N2O2/c1-3-17-12-14-4-6-16(7-5-14)20-11-9-18(2)15-8-10-19-13-15/h4-7,15,17H,3,8-13H2,1-2H3. The molecule has 0 amide bonds. The Labute approximate surface area is 122 Å². The predicted molar refractivity (Wildman–Crippen MR) is 81.2 cm³/mol. The molecule has 1 N–H and O–H groups in total. The topological polar surface area (TPSA) is 33.7 Å². The van der Waals surface area contributed by atoms with Crippen molar-refractivity contribution in [3.63, 3.8) is 0 Å². The highest BCUT2D eigenvalue weighted by molar-refractivity contribution is 5.27. The van der Waals surface area contributed by atoms with E-state index >= 15 is 0 Å². The van der Waals surface area contributed by atoms with Crippen LogP contribution in [0.1, 0.15) is 18.9 Å². The van der Waals surface area contributed by atoms with Gasteiger partial charge in [0.15, 0.2) is 0 Å². The molecule has 0 spiro atoms. The zero-order valence-electron chi connectivity index (χ0n) is 12.6. The van der Waals surface area contributed by atoms with Crippen molar-refractivity contribution in [1.29, 1.82) is 0 Å². The monoisotopic (exact) mass is 278 g/mol. The van der Waals surface area contributed by atoms with Crippen LogP contribution in [0, 0.1) is 0 Å². The van der Waals surface area contributed by atoms with Crippen LogP contribution < -0.4 is 10.1 Å². The molecule has 1 fully saturated rings. The maximum Gasteiger partial charge on any atom is 0.119 e. The Morgan fingerprint density at radius 1 is 1.35 bits per heavy atom. The minimum atomic E-state index is 0.557. The summed E-state index contributed by atoms with van der Waals surface area (Å²) >= 11 is 0. The second-order valence-corrected chi connectivity index (χ2v) is 5.27. The molecular formula is C16H26N2O2. The van der Waals surface area contributed by atoms with Crippen molar-refractivity contribution < 1.29 is 9.47 Å². The van der Waals surface area contributed by atoms with Crippen LogP contribution in [0.15, 0.2) is 24.3 Å². The Hall–Kier alpha value is -1.10. The van der Waals surface area contributed by atoms with Crippen LogP contribution in [0.3, 0.4) is 0 Å². The van der Waals surface area contributed by atoms with Crippen molar-refractivity contribution >= 4 is 0 Å². The van der Waals surface area contributed by atoms with Crippen LogP contribution in [0.5, 0.6) is 5.75 Å². The van der Waals surface area contributed by atoms with Gasteiger partial charge in [0.05, 0.1) is 6.61 Å². The molecule has 1 heterocycles. The van der Waals surface area contributed by atoms with Crippen molar-refractivity contribution in [2.45, 2.75) is 25.9 Å². The summed E-state index contributed by atoms with van der Waals surface area (Å²) < 4.78 is 11.2. The van der Waals surface area contributed by atoms with E-state index in [1.165, 1.54) is 5.56 Å². The number of ether oxygens (including phenoxy) is 2. The third-order valence-corrected chi connectivity index (χ3v) is 3.74. The largest absolute Gasteiger partial charge is 0.492 e. The van der Waals surface area contributed by atoms with Gasteiger partial charge in [-0.05, 0) is 37.7 Å². The molecule has 1 aliphatic rings. The zero-order valence-corrected chi connectivity index (χ0v) is 12.6. The second kappa shape index (κ2) is 8.25. The lowest BCUT2D eigenvalue weighted by atomic mass is 10.2. The Morgan fingerprint density at radius 2 is 2.15 bits per heavy atom. The summed E-state index contributed by atoms with van der Waals surface area (Å²) in [4.78, 5) is 2.33. The van der Waals surface area contributed by atoms with E-state index in [0.29, 0.717) is 6.04 Å². The van der Waals surface area contributed by atoms with E-state index in [-0.39, 0.29) is 0 Å². The molecule has 0 saturated carbocycles. The fourth-order valence-electron chi connectivity index (χ4n) is 2.33. The van der Waals surface area contributed by atoms with E-state index < -0.39 is 0 Å². The minimum absolute atomic E-state index is 0.557. The van der Waals surface area contributed by atoms with E-state index in [4.69, 9.17) is 9.47 Å². The molecule has 1 aliphatic heterocycles. The van der Waals surface area contributed by atoms with E-state index in [9.17, 15) is 0 Å². The molecule has 1 unspecified atom stereocenters. The average Bonchev–Trinajstić information content (AvgIpc) is 3.00. The van der Waals surface area contributed by atoms with Crippen molar-refractivity contribution in [2.75, 3.05) is 40.0 Å². The van der Waals surface area contributed by atoms with Gasteiger partial charge in [0.2, 0.25) is 0 Å². The molecule has 112 valence electrons. The van der Waals surface area contributed by atoms with Crippen LogP contribution in [0.4, 0.5) is 0 Å². The number of rotatable bonds is 8. The van der Waals surface area contributed by atoms with E-state index in [0.717, 1.165) is 51.6 Å². The summed E-state index contributed by atoms with van der Waals surface area (Å²) in [5, 5.41) is 3.31. The Morgan fingerprint density at radius 3 is 2.80 bits per heavy atom. The molecule has 20 heavy (non-hydrogen) atoms. The van der Waals surface area contributed by atoms with Crippen LogP contribution in [-0.2, 0) is 11.3 Å². The van der Waals surface area contributed by atoms with Crippen molar-refractivity contribution in [3.8, 4) is 5.75 Å². The summed E-state index contributed by atoms with van der Waals surface area (Å²) in [6.07, 6.45) is 1.13. The van der Waals surface area contributed by atoms with Gasteiger partial charge in [-0.1, -0.05) is 19.1 Å². The first-order chi connectivity index (χ1) is 9.79. The molecule has 0 aromatic heterocycles. The molecule has 1 aromatic carbocycles. The van der Waals surface area contributed by atoms with Crippen molar-refractivity contribution in [1.82, 2.24) is 10.2 Å². The number of hydrogen-bond acceptors (Lipinski definition) is 4. The van der Waals surface area contributed by atoms with Gasteiger partial charge < -0.3 is 14.8 Å². The molecule has 1 saturated heterocycles. The van der Waals surface area contributed by atoms with Gasteiger partial charge in [-0.3, -0.25) is 4.90 Å². The zero-order chi connectivity index (χ0) is 14.2. The van der Waals surface area contributed by atoms with Gasteiger partial charge in [-0.25, -0.2) is 0 Å². The number of likely N-dealkylation sites (N-methyl/N-ethyl adjacent to an activating group) is 1. The number of nitrogens with zero attached hydrogens (tertiary/aromatic N) is 1. The van der Waals surface area contributed by atoms with Gasteiger partial charge in [-0.15, -0.1) is 0 Å². The third kappa shape index (κ3) is 4.78. The van der Waals surface area contributed by atoms with Crippen molar-refractivity contribution in [3.05, 3.63) is 29.8 Å². The molecular weight excluding hydrogens is 252 g/mol. The Bertz CT molecular complexity index is 375. The third-order valence-electron chi connectivity index (χ3n) is 3.74. The SMILES string of the molecule is CCNCc1ccc(OCCN(C)C2CCOC2)cc1. The summed E-state index contributed by atoms with van der Waals surface area (Å²) in [6, 6.07) is 8.89. The normalized spacial score (nSPS) is 18.6. The minimum Gasteiger partial charge on any atom is -0.492 e. The Kier molecular flexibility index (Phi) is 6.30. The van der Waals surface area contributed by atoms with Gasteiger partial charge >= 0.3 is 0 Å². The molecule has 0 radical (unpaired) electrons. The van der Waals surface area contributed by atoms with Gasteiger partial charge in [0, 0.05) is 25.7 Å². The maximum absolute atomic E-state index is 5.79. The highest BCUT2D eigenvalue weighted by atomic mass is 16.5. The van der Waals surface area contributed by atoms with Crippen LogP contribution >= 0.6 is 0 Å². The van der Waals surface area contributed by atoms with E-state index in [1.807, 2.05) is 12.1 Å². The van der Waals surface area contributed by atoms with Crippen LogP contribution in [0.25, 0.3) is 0 Å². The Balaban J connectivity index is 1.68. The number of nitrogens with one attached hydrogen (secondary N) is 1. The highest BCUT2D eigenvalue weighted by Crippen LogP contribution is 2.13. The summed E-state index contributed by atoms with van der Waals surface area (Å²) in [6.45, 7) is 7.44. The van der Waals surface area contributed by atoms with Crippen molar-refractivity contribution in [2.24, 2.45) is 0 Å². The van der Waals surface area contributed by atoms with Crippen LogP contribution in [0.2, 0.25) is 0 Å². The number of benzene rings is 1. The smallest absolute Gasteiger partial charge is 0.119 e. The first kappa shape index (κ1) is 15.3. The second-order valence-electron chi connectivity index (χ2n) is 5.27. The summed E-state index contributed by atoms with van der Waals surface area (Å²) in [5.74, 6) is 0.946. The van der Waals surface area contributed by atoms with E-state index in [2.05, 4.69) is 36.3 Å². The first-order valence-electron chi connectivity index (χ1n) is 7.50. The summed E-state index contributed by atoms with van der Waals surface area (Å²) in [7, 11) is 2.14. The molecule has 4 heteroatoms. The average molecular weight is 278 g/mol. The van der Waals surface area contributed by atoms with Gasteiger partial charge in [0.25, 0.3) is 0 Å². The van der Waals surface area contributed by atoms with Crippen LogP contribution in [-0.4, -0.2) is 50.9 Å². The lowest BCUT2D eigenvalue weighted by Gasteiger charge is -2.22. The van der Waals surface area contributed by atoms with E-state index in [1.54, 1.807) is 0 Å². The molecule has 0 aliphatic carbocycles. The fourth-order valence-corrected chi connectivity index (χ4v) is 2.33. The number of hydrogen-bond donors (Lipinski definition) is 1. The molecule has 0 bridgehead atoms. The quantitative estimate of drug-likeness (QED) is 0.787. The molecule has 1 atom stereocenters. The predicted octanol–water partition coefficient (Wildman–Crippen LogP) is 1.90. The van der Waals surface area contributed by atoms with Gasteiger partial charge in [-0.2, -0.15) is 0 Å². The fraction of sp³-hybridized carbons (Fsp3) is 0.625. The highest BCUT2D eigenvalue weighted by Gasteiger charge is 2.19. The molecule has 1 aromatic rings. The lowest BCUT2D eigenvalue weighted by molar-refractivity contribution is 0.147. The summed E-state index contributed by atoms with van der Waals surface area (Å²) in [5.41, 5.74) is 1.29. The lowest BCUT2D eigenvalue weighted by Crippen LogP contribution is -2.35. The molecule has 2 rings (SSSR count). The van der Waals surface area contributed by atoms with Gasteiger partial charge in [0.1, 0.15) is 12.4 Å².